The van der Waals surface area contributed by atoms with Crippen molar-refractivity contribution >= 4 is 21.7 Å². The van der Waals surface area contributed by atoms with E-state index in [9.17, 15) is 0 Å². The number of hydrogen-bond acceptors (Lipinski definition) is 4. The highest BCUT2D eigenvalue weighted by molar-refractivity contribution is 9.10. The van der Waals surface area contributed by atoms with Crippen molar-refractivity contribution in [3.8, 4) is 0 Å². The van der Waals surface area contributed by atoms with Crippen molar-refractivity contribution in [2.45, 2.75) is 25.8 Å². The van der Waals surface area contributed by atoms with Gasteiger partial charge < -0.3 is 11.1 Å². The molecule has 0 amide bonds. The summed E-state index contributed by atoms with van der Waals surface area (Å²) in [6.45, 7) is 2.82. The zero-order valence-corrected chi connectivity index (χ0v) is 9.79. The van der Waals surface area contributed by atoms with Crippen molar-refractivity contribution < 1.29 is 0 Å². The van der Waals surface area contributed by atoms with Gasteiger partial charge in [-0.2, -0.15) is 0 Å². The van der Waals surface area contributed by atoms with Crippen molar-refractivity contribution in [1.82, 2.24) is 9.97 Å². The maximum Gasteiger partial charge on any atom is 0.143 e. The van der Waals surface area contributed by atoms with Crippen molar-refractivity contribution in [3.63, 3.8) is 0 Å². The zero-order valence-electron chi connectivity index (χ0n) is 8.20. The Morgan fingerprint density at radius 2 is 2.43 bits per heavy atom. The lowest BCUT2D eigenvalue weighted by atomic mass is 10.1. The van der Waals surface area contributed by atoms with Gasteiger partial charge in [0.2, 0.25) is 0 Å². The fraction of sp³-hybridized carbons (Fsp3) is 0.556. The minimum absolute atomic E-state index is 0.381. The Hall–Kier alpha value is -0.680. The van der Waals surface area contributed by atoms with E-state index < -0.39 is 0 Å². The molecule has 0 aliphatic rings. The number of nitrogens with zero attached hydrogens (tertiary/aromatic N) is 2. The molecule has 0 aliphatic carbocycles. The van der Waals surface area contributed by atoms with Crippen LogP contribution in [-0.4, -0.2) is 22.6 Å². The van der Waals surface area contributed by atoms with Crippen LogP contribution in [0, 0.1) is 0 Å². The van der Waals surface area contributed by atoms with Gasteiger partial charge in [0, 0.05) is 12.2 Å². The number of hydrogen-bond donors (Lipinski definition) is 2. The van der Waals surface area contributed by atoms with Crippen LogP contribution in [0.4, 0.5) is 5.82 Å². The van der Waals surface area contributed by atoms with E-state index in [4.69, 9.17) is 5.73 Å². The molecule has 1 atom stereocenters. The molecular formula is C9H15BrN4. The Balaban J connectivity index is 2.62. The zero-order chi connectivity index (χ0) is 10.4. The monoisotopic (exact) mass is 258 g/mol. The maximum absolute atomic E-state index is 5.51. The molecule has 0 aromatic carbocycles. The first-order chi connectivity index (χ1) is 6.77. The van der Waals surface area contributed by atoms with E-state index in [0.717, 1.165) is 23.1 Å². The number of rotatable bonds is 5. The maximum atomic E-state index is 5.51. The molecule has 1 rings (SSSR count). The van der Waals surface area contributed by atoms with Crippen LogP contribution in [0.25, 0.3) is 0 Å². The Morgan fingerprint density at radius 3 is 3.00 bits per heavy atom. The van der Waals surface area contributed by atoms with E-state index in [1.54, 1.807) is 6.20 Å². The van der Waals surface area contributed by atoms with Crippen LogP contribution in [0.15, 0.2) is 17.0 Å². The summed E-state index contributed by atoms with van der Waals surface area (Å²) in [7, 11) is 0. The highest BCUT2D eigenvalue weighted by Crippen LogP contribution is 2.19. The molecular weight excluding hydrogens is 244 g/mol. The van der Waals surface area contributed by atoms with Gasteiger partial charge in [0.1, 0.15) is 12.1 Å². The molecule has 0 spiro atoms. The first kappa shape index (κ1) is 11.4. The Labute approximate surface area is 92.5 Å². The molecule has 0 radical (unpaired) electrons. The number of nitrogens with two attached hydrogens (primary N) is 1. The van der Waals surface area contributed by atoms with Gasteiger partial charge in [0.25, 0.3) is 0 Å². The molecule has 78 valence electrons. The average Bonchev–Trinajstić information content (AvgIpc) is 2.20. The highest BCUT2D eigenvalue weighted by atomic mass is 79.9. The SMILES string of the molecule is CCC(CCN)Nc1ncncc1Br. The fourth-order valence-corrected chi connectivity index (χ4v) is 1.53. The second kappa shape index (κ2) is 5.93. The van der Waals surface area contributed by atoms with Crippen LogP contribution in [-0.2, 0) is 0 Å². The van der Waals surface area contributed by atoms with E-state index >= 15 is 0 Å². The standard InChI is InChI=1S/C9H15BrN4/c1-2-7(3-4-11)14-9-8(10)5-12-6-13-9/h5-7H,2-4,11H2,1H3,(H,12,13,14). The largest absolute Gasteiger partial charge is 0.366 e. The van der Waals surface area contributed by atoms with Crippen LogP contribution in [0.2, 0.25) is 0 Å². The molecule has 1 heterocycles. The topological polar surface area (TPSA) is 63.8 Å². The molecule has 5 heteroatoms. The van der Waals surface area contributed by atoms with Gasteiger partial charge in [0.15, 0.2) is 0 Å². The van der Waals surface area contributed by atoms with Crippen molar-refractivity contribution in [2.24, 2.45) is 5.73 Å². The normalized spacial score (nSPS) is 12.5. The van der Waals surface area contributed by atoms with Gasteiger partial charge in [-0.05, 0) is 35.3 Å². The van der Waals surface area contributed by atoms with E-state index in [1.165, 1.54) is 6.33 Å². The molecule has 0 saturated heterocycles. The molecule has 14 heavy (non-hydrogen) atoms. The molecule has 0 aliphatic heterocycles. The van der Waals surface area contributed by atoms with Crippen LogP contribution in [0.5, 0.6) is 0 Å². The minimum atomic E-state index is 0.381. The third-order valence-corrected chi connectivity index (χ3v) is 2.60. The number of halogens is 1. The lowest BCUT2D eigenvalue weighted by molar-refractivity contribution is 0.639. The molecule has 1 aromatic rings. The molecule has 0 bridgehead atoms. The summed E-state index contributed by atoms with van der Waals surface area (Å²) in [6, 6.07) is 0.381. The van der Waals surface area contributed by atoms with Crippen LogP contribution >= 0.6 is 15.9 Å². The summed E-state index contributed by atoms with van der Waals surface area (Å²) in [6.07, 6.45) is 5.24. The van der Waals surface area contributed by atoms with Gasteiger partial charge >= 0.3 is 0 Å². The summed E-state index contributed by atoms with van der Waals surface area (Å²) >= 11 is 3.39. The third kappa shape index (κ3) is 3.23. The minimum Gasteiger partial charge on any atom is -0.366 e. The summed E-state index contributed by atoms with van der Waals surface area (Å²) in [5, 5.41) is 3.32. The van der Waals surface area contributed by atoms with Gasteiger partial charge in [0.05, 0.1) is 4.47 Å². The number of nitrogens with one attached hydrogen (secondary N) is 1. The fourth-order valence-electron chi connectivity index (χ4n) is 1.19. The van der Waals surface area contributed by atoms with Crippen LogP contribution in [0.3, 0.4) is 0 Å². The number of anilines is 1. The van der Waals surface area contributed by atoms with Crippen molar-refractivity contribution in [3.05, 3.63) is 17.0 Å². The van der Waals surface area contributed by atoms with Crippen LogP contribution < -0.4 is 11.1 Å². The van der Waals surface area contributed by atoms with Gasteiger partial charge in [-0.15, -0.1) is 0 Å². The van der Waals surface area contributed by atoms with Gasteiger partial charge in [-0.1, -0.05) is 6.92 Å². The molecule has 4 nitrogen and oxygen atoms in total. The predicted octanol–water partition coefficient (Wildman–Crippen LogP) is 1.78. The van der Waals surface area contributed by atoms with Crippen molar-refractivity contribution in [2.75, 3.05) is 11.9 Å². The number of aromatic nitrogens is 2. The molecule has 0 saturated carbocycles. The molecule has 3 N–H and O–H groups in total. The van der Waals surface area contributed by atoms with Gasteiger partial charge in [-0.3, -0.25) is 0 Å². The Bertz CT molecular complexity index is 279. The van der Waals surface area contributed by atoms with E-state index in [0.29, 0.717) is 12.6 Å². The predicted molar refractivity (Wildman–Crippen MR) is 61.1 cm³/mol. The Morgan fingerprint density at radius 1 is 1.64 bits per heavy atom. The van der Waals surface area contributed by atoms with E-state index in [2.05, 4.69) is 38.1 Å². The lowest BCUT2D eigenvalue weighted by Crippen LogP contribution is -2.23. The average molecular weight is 259 g/mol. The summed E-state index contributed by atoms with van der Waals surface area (Å²) in [5.41, 5.74) is 5.51. The first-order valence-corrected chi connectivity index (χ1v) is 5.49. The lowest BCUT2D eigenvalue weighted by Gasteiger charge is -2.16. The van der Waals surface area contributed by atoms with Gasteiger partial charge in [-0.25, -0.2) is 9.97 Å². The highest BCUT2D eigenvalue weighted by Gasteiger charge is 2.07. The Kier molecular flexibility index (Phi) is 4.82. The molecule has 0 fully saturated rings. The second-order valence-electron chi connectivity index (χ2n) is 3.05. The summed E-state index contributed by atoms with van der Waals surface area (Å²) in [4.78, 5) is 8.04. The van der Waals surface area contributed by atoms with Crippen LogP contribution in [0.1, 0.15) is 19.8 Å². The third-order valence-electron chi connectivity index (χ3n) is 2.02. The smallest absolute Gasteiger partial charge is 0.143 e. The molecule has 1 aromatic heterocycles. The quantitative estimate of drug-likeness (QED) is 0.846. The molecule has 1 unspecified atom stereocenters. The van der Waals surface area contributed by atoms with Crippen molar-refractivity contribution in [1.29, 1.82) is 0 Å². The van der Waals surface area contributed by atoms with E-state index in [-0.39, 0.29) is 0 Å². The van der Waals surface area contributed by atoms with E-state index in [1.807, 2.05) is 0 Å². The summed E-state index contributed by atoms with van der Waals surface area (Å²) < 4.78 is 0.885. The second-order valence-corrected chi connectivity index (χ2v) is 3.90. The first-order valence-electron chi connectivity index (χ1n) is 4.70. The summed E-state index contributed by atoms with van der Waals surface area (Å²) in [5.74, 6) is 0.834.